The minimum absolute atomic E-state index is 0.183. The summed E-state index contributed by atoms with van der Waals surface area (Å²) in [6.45, 7) is 5.35. The lowest BCUT2D eigenvalue weighted by atomic mass is 9.85. The zero-order valence-electron chi connectivity index (χ0n) is 32.7. The van der Waals surface area contributed by atoms with Crippen LogP contribution in [-0.2, 0) is 22.8 Å². The lowest BCUT2D eigenvalue weighted by molar-refractivity contribution is -0.141. The first-order chi connectivity index (χ1) is 28.4. The number of imidazole rings is 1. The van der Waals surface area contributed by atoms with Gasteiger partial charge in [0.1, 0.15) is 23.2 Å². The average Bonchev–Trinajstić information content (AvgIpc) is 3.75. The van der Waals surface area contributed by atoms with E-state index in [9.17, 15) is 32.3 Å². The van der Waals surface area contributed by atoms with E-state index in [0.717, 1.165) is 75.9 Å². The number of imide groups is 1. The highest BCUT2D eigenvalue weighted by Gasteiger charge is 2.34. The average molecular weight is 812 g/mol. The second kappa shape index (κ2) is 16.3. The van der Waals surface area contributed by atoms with Crippen molar-refractivity contribution in [3.05, 3.63) is 82.2 Å². The summed E-state index contributed by atoms with van der Waals surface area (Å²) < 4.78 is 50.0. The summed E-state index contributed by atoms with van der Waals surface area (Å²) in [5.41, 5.74) is 1.19. The van der Waals surface area contributed by atoms with Gasteiger partial charge in [0.15, 0.2) is 0 Å². The number of carbonyl (C=O) groups excluding carboxylic acids is 3. The van der Waals surface area contributed by atoms with Crippen molar-refractivity contribution in [2.75, 3.05) is 51.7 Å². The maximum atomic E-state index is 13.3. The third-order valence-electron chi connectivity index (χ3n) is 11.7. The quantitative estimate of drug-likeness (QED) is 0.168. The van der Waals surface area contributed by atoms with Gasteiger partial charge in [-0.25, -0.2) is 9.78 Å². The Morgan fingerprint density at radius 1 is 0.983 bits per heavy atom. The number of methoxy groups -OCH3 is 1. The number of carbonyl (C=O) groups is 3. The van der Waals surface area contributed by atoms with Crippen LogP contribution in [0.25, 0.3) is 21.9 Å². The Kier molecular flexibility index (Phi) is 11.0. The van der Waals surface area contributed by atoms with Crippen LogP contribution in [0, 0.1) is 17.8 Å². The van der Waals surface area contributed by atoms with Gasteiger partial charge in [-0.2, -0.15) is 18.3 Å². The Hall–Kier alpha value is -5.99. The van der Waals surface area contributed by atoms with E-state index < -0.39 is 29.7 Å². The van der Waals surface area contributed by atoms with Gasteiger partial charge in [0, 0.05) is 63.8 Å². The first-order valence-electron chi connectivity index (χ1n) is 19.8. The van der Waals surface area contributed by atoms with Crippen molar-refractivity contribution in [2.45, 2.75) is 56.8 Å². The lowest BCUT2D eigenvalue weighted by Gasteiger charge is -2.37. The Bertz CT molecular complexity index is 2550. The number of amides is 3. The van der Waals surface area contributed by atoms with Crippen LogP contribution in [-0.4, -0.2) is 97.8 Å². The van der Waals surface area contributed by atoms with Crippen molar-refractivity contribution >= 4 is 45.3 Å². The molecule has 0 spiro atoms. The number of halogens is 3. The number of fused-ring (bicyclic) bond motifs is 2. The molecule has 2 N–H and O–H groups in total. The monoisotopic (exact) mass is 811 g/mol. The molecule has 1 aliphatic carbocycles. The summed E-state index contributed by atoms with van der Waals surface area (Å²) in [6.07, 6.45) is 1.83. The Morgan fingerprint density at radius 3 is 2.46 bits per heavy atom. The van der Waals surface area contributed by atoms with E-state index in [-0.39, 0.29) is 36.2 Å². The van der Waals surface area contributed by atoms with Crippen LogP contribution in [0.3, 0.4) is 0 Å². The summed E-state index contributed by atoms with van der Waals surface area (Å²) in [5.74, 6) is 5.92. The number of piperazine rings is 1. The number of nitrogens with zero attached hydrogens (tertiary/aromatic N) is 7. The van der Waals surface area contributed by atoms with Crippen molar-refractivity contribution in [3.8, 4) is 17.6 Å². The van der Waals surface area contributed by atoms with Crippen molar-refractivity contribution in [3.63, 3.8) is 0 Å². The second-order valence-electron chi connectivity index (χ2n) is 15.5. The molecule has 1 saturated carbocycles. The Morgan fingerprint density at radius 2 is 1.73 bits per heavy atom. The molecular weight excluding hydrogens is 768 g/mol. The molecular formula is C42H44F3N9O5. The number of alkyl halides is 3. The number of piperidine rings is 1. The van der Waals surface area contributed by atoms with Gasteiger partial charge in [0.05, 0.1) is 47.5 Å². The summed E-state index contributed by atoms with van der Waals surface area (Å²) in [5, 5.41) is 10.6. The molecule has 3 amide bonds. The molecule has 1 atom stereocenters. The third-order valence-corrected chi connectivity index (χ3v) is 11.7. The van der Waals surface area contributed by atoms with Crippen LogP contribution in [0.15, 0.2) is 59.5 Å². The van der Waals surface area contributed by atoms with Gasteiger partial charge in [-0.05, 0) is 68.4 Å². The molecule has 308 valence electrons. The van der Waals surface area contributed by atoms with Crippen molar-refractivity contribution in [2.24, 2.45) is 13.0 Å². The van der Waals surface area contributed by atoms with E-state index >= 15 is 0 Å². The second-order valence-corrected chi connectivity index (χ2v) is 15.5. The van der Waals surface area contributed by atoms with Gasteiger partial charge in [-0.1, -0.05) is 24.0 Å². The van der Waals surface area contributed by atoms with Gasteiger partial charge < -0.3 is 15.0 Å². The number of aromatic nitrogens is 5. The van der Waals surface area contributed by atoms with Crippen LogP contribution in [0.4, 0.5) is 18.9 Å². The number of anilines is 1. The lowest BCUT2D eigenvalue weighted by Crippen LogP contribution is -2.48. The fourth-order valence-electron chi connectivity index (χ4n) is 8.53. The highest BCUT2D eigenvalue weighted by Crippen LogP contribution is 2.36. The summed E-state index contributed by atoms with van der Waals surface area (Å²) >= 11 is 0. The van der Waals surface area contributed by atoms with Gasteiger partial charge in [-0.3, -0.25) is 38.4 Å². The number of rotatable bonds is 8. The molecule has 14 nitrogen and oxygen atoms in total. The maximum Gasteiger partial charge on any atom is 0.433 e. The van der Waals surface area contributed by atoms with E-state index in [2.05, 4.69) is 37.3 Å². The Labute approximate surface area is 337 Å². The van der Waals surface area contributed by atoms with Gasteiger partial charge >= 0.3 is 11.9 Å². The van der Waals surface area contributed by atoms with E-state index in [1.165, 1.54) is 22.3 Å². The minimum Gasteiger partial charge on any atom is -0.494 e. The maximum absolute atomic E-state index is 13.3. The highest BCUT2D eigenvalue weighted by atomic mass is 19.4. The smallest absolute Gasteiger partial charge is 0.433 e. The SMILES string of the molecule is COc1cc2nn(C3CCC(CN4CCN(CC#Cc5cccc6c5n(C)c(=O)n6C5CCC(=O)NC5=O)CC4)CC3)cc2cc1NC(=O)c1cccc(C(F)(F)F)n1. The molecule has 5 heterocycles. The minimum atomic E-state index is -4.67. The molecule has 5 aromatic rings. The number of hydrogen-bond donors (Lipinski definition) is 2. The summed E-state index contributed by atoms with van der Waals surface area (Å²) in [7, 11) is 3.13. The highest BCUT2D eigenvalue weighted by molar-refractivity contribution is 6.05. The zero-order chi connectivity index (χ0) is 41.4. The number of para-hydroxylation sites is 1. The molecule has 1 unspecified atom stereocenters. The first-order valence-corrected chi connectivity index (χ1v) is 19.8. The molecule has 2 aliphatic heterocycles. The molecule has 59 heavy (non-hydrogen) atoms. The molecule has 0 radical (unpaired) electrons. The standard InChI is InChI=1S/C42H44F3N9O5/c1-50-38-27(6-3-9-33(38)54(41(50)58)34-15-16-37(55)48-40(34)57)7-5-17-51-18-20-52(21-19-51)24-26-11-13-29(14-12-26)53-25-28-22-32(35(59-2)23-31(28)49-53)47-39(56)30-8-4-10-36(46-30)42(43,44)45/h3-4,6,8-10,22-23,25-26,29,34H,11-21,24H2,1-2H3,(H,47,56)(H,48,55,57). The number of ether oxygens (including phenoxy) is 1. The fourth-order valence-corrected chi connectivity index (χ4v) is 8.53. The van der Waals surface area contributed by atoms with Crippen LogP contribution < -0.4 is 21.1 Å². The third kappa shape index (κ3) is 8.32. The summed E-state index contributed by atoms with van der Waals surface area (Å²) in [4.78, 5) is 58.8. The summed E-state index contributed by atoms with van der Waals surface area (Å²) in [6, 6.07) is 11.6. The Balaban J connectivity index is 0.829. The van der Waals surface area contributed by atoms with Crippen molar-refractivity contribution in [1.29, 1.82) is 0 Å². The molecule has 2 saturated heterocycles. The van der Waals surface area contributed by atoms with Crippen molar-refractivity contribution < 1.29 is 32.3 Å². The predicted molar refractivity (Wildman–Crippen MR) is 213 cm³/mol. The number of pyridine rings is 1. The topological polar surface area (TPSA) is 149 Å². The van der Waals surface area contributed by atoms with E-state index in [1.54, 1.807) is 19.2 Å². The van der Waals surface area contributed by atoms with Crippen LogP contribution >= 0.6 is 0 Å². The van der Waals surface area contributed by atoms with Gasteiger partial charge in [0.25, 0.3) is 5.91 Å². The molecule has 3 aliphatic rings. The van der Waals surface area contributed by atoms with E-state index in [4.69, 9.17) is 9.84 Å². The number of hydrogen-bond acceptors (Lipinski definition) is 9. The number of benzene rings is 2. The fraction of sp³-hybridized carbons (Fsp3) is 0.429. The van der Waals surface area contributed by atoms with Crippen LogP contribution in [0.5, 0.6) is 5.75 Å². The normalized spacial score (nSPS) is 20.7. The van der Waals surface area contributed by atoms with Gasteiger partial charge in [-0.15, -0.1) is 0 Å². The molecule has 2 aromatic carbocycles. The number of nitrogens with one attached hydrogen (secondary N) is 2. The van der Waals surface area contributed by atoms with E-state index in [0.29, 0.717) is 46.0 Å². The first kappa shape index (κ1) is 39.8. The van der Waals surface area contributed by atoms with Crippen molar-refractivity contribution in [1.82, 2.24) is 39.0 Å². The van der Waals surface area contributed by atoms with Gasteiger partial charge in [0.2, 0.25) is 11.8 Å². The number of aryl methyl sites for hydroxylation is 1. The predicted octanol–water partition coefficient (Wildman–Crippen LogP) is 4.74. The molecule has 17 heteroatoms. The molecule has 8 rings (SSSR count). The molecule has 0 bridgehead atoms. The van der Waals surface area contributed by atoms with Crippen LogP contribution in [0.1, 0.15) is 72.4 Å². The largest absolute Gasteiger partial charge is 0.494 e. The van der Waals surface area contributed by atoms with Crippen LogP contribution in [0.2, 0.25) is 0 Å². The zero-order valence-corrected chi connectivity index (χ0v) is 32.7. The molecule has 3 fully saturated rings. The molecule has 3 aromatic heterocycles. The van der Waals surface area contributed by atoms with E-state index in [1.807, 2.05) is 29.1 Å².